The predicted octanol–water partition coefficient (Wildman–Crippen LogP) is 2.45. The van der Waals surface area contributed by atoms with Gasteiger partial charge in [0.05, 0.1) is 18.3 Å². The third-order valence-electron chi connectivity index (χ3n) is 2.89. The molecular weight excluding hydrogens is 209 g/mol. The monoisotopic (exact) mass is 221 g/mol. The second-order valence-electron chi connectivity index (χ2n) is 3.66. The van der Waals surface area contributed by atoms with Gasteiger partial charge in [0.15, 0.2) is 17.9 Å². The van der Waals surface area contributed by atoms with Crippen LogP contribution >= 0.6 is 0 Å². The largest absolute Gasteiger partial charge is 0.493 e. The third kappa shape index (κ3) is 1.23. The van der Waals surface area contributed by atoms with Gasteiger partial charge in [0.2, 0.25) is 0 Å². The average molecular weight is 221 g/mol. The summed E-state index contributed by atoms with van der Waals surface area (Å²) < 4.78 is 20.3. The standard InChI is InChI=1S/C12H12FNO2/c1-7-10(6-15)14(2)9-5-4-8(13)12(16-3)11(7)9/h4-6H,1-3H3. The Morgan fingerprint density at radius 2 is 2.12 bits per heavy atom. The highest BCUT2D eigenvalue weighted by molar-refractivity contribution is 5.96. The molecule has 0 fully saturated rings. The summed E-state index contributed by atoms with van der Waals surface area (Å²) >= 11 is 0. The molecule has 0 radical (unpaired) electrons. The van der Waals surface area contributed by atoms with E-state index in [9.17, 15) is 9.18 Å². The van der Waals surface area contributed by atoms with Crippen molar-refractivity contribution in [2.45, 2.75) is 6.92 Å². The molecule has 4 heteroatoms. The van der Waals surface area contributed by atoms with Crippen molar-refractivity contribution in [1.29, 1.82) is 0 Å². The Kier molecular flexibility index (Phi) is 2.42. The van der Waals surface area contributed by atoms with E-state index in [0.717, 1.165) is 17.4 Å². The fourth-order valence-corrected chi connectivity index (χ4v) is 2.07. The predicted molar refractivity (Wildman–Crippen MR) is 59.6 cm³/mol. The van der Waals surface area contributed by atoms with Crippen LogP contribution in [0.1, 0.15) is 16.1 Å². The highest BCUT2D eigenvalue weighted by Gasteiger charge is 2.17. The lowest BCUT2D eigenvalue weighted by molar-refractivity contribution is 0.111. The molecule has 0 aliphatic carbocycles. The number of benzene rings is 1. The van der Waals surface area contributed by atoms with Crippen molar-refractivity contribution >= 4 is 17.2 Å². The lowest BCUT2D eigenvalue weighted by Crippen LogP contribution is -1.94. The van der Waals surface area contributed by atoms with Crippen molar-refractivity contribution < 1.29 is 13.9 Å². The van der Waals surface area contributed by atoms with E-state index in [-0.39, 0.29) is 5.75 Å². The van der Waals surface area contributed by atoms with Gasteiger partial charge in [0.25, 0.3) is 0 Å². The van der Waals surface area contributed by atoms with Crippen LogP contribution in [-0.2, 0) is 7.05 Å². The first-order valence-electron chi connectivity index (χ1n) is 4.88. The van der Waals surface area contributed by atoms with Crippen molar-refractivity contribution in [3.05, 3.63) is 29.2 Å². The van der Waals surface area contributed by atoms with Gasteiger partial charge in [-0.05, 0) is 24.6 Å². The summed E-state index contributed by atoms with van der Waals surface area (Å²) in [5, 5.41) is 0.659. The zero-order chi connectivity index (χ0) is 11.9. The van der Waals surface area contributed by atoms with E-state index in [0.29, 0.717) is 11.1 Å². The molecule has 0 atom stereocenters. The number of aryl methyl sites for hydroxylation is 2. The molecule has 16 heavy (non-hydrogen) atoms. The van der Waals surface area contributed by atoms with Gasteiger partial charge >= 0.3 is 0 Å². The van der Waals surface area contributed by atoms with Crippen molar-refractivity contribution in [2.24, 2.45) is 7.05 Å². The first-order chi connectivity index (χ1) is 7.61. The molecule has 0 saturated carbocycles. The van der Waals surface area contributed by atoms with Crippen molar-refractivity contribution in [1.82, 2.24) is 4.57 Å². The Morgan fingerprint density at radius 1 is 1.44 bits per heavy atom. The van der Waals surface area contributed by atoms with Crippen molar-refractivity contribution in [3.8, 4) is 5.75 Å². The minimum absolute atomic E-state index is 0.193. The Hall–Kier alpha value is -1.84. The second-order valence-corrected chi connectivity index (χ2v) is 3.66. The number of hydrogen-bond donors (Lipinski definition) is 0. The lowest BCUT2D eigenvalue weighted by atomic mass is 10.1. The number of carbonyl (C=O) groups is 1. The summed E-state index contributed by atoms with van der Waals surface area (Å²) in [7, 11) is 3.20. The van der Waals surface area contributed by atoms with Crippen LogP contribution in [-0.4, -0.2) is 18.0 Å². The van der Waals surface area contributed by atoms with Crippen molar-refractivity contribution in [2.75, 3.05) is 7.11 Å². The molecule has 0 unspecified atom stereocenters. The highest BCUT2D eigenvalue weighted by Crippen LogP contribution is 2.33. The van der Waals surface area contributed by atoms with Gasteiger partial charge < -0.3 is 9.30 Å². The zero-order valence-electron chi connectivity index (χ0n) is 9.37. The Morgan fingerprint density at radius 3 is 2.69 bits per heavy atom. The molecule has 0 aliphatic rings. The smallest absolute Gasteiger partial charge is 0.166 e. The molecule has 0 bridgehead atoms. The van der Waals surface area contributed by atoms with E-state index in [1.807, 2.05) is 0 Å². The molecule has 0 aliphatic heterocycles. The summed E-state index contributed by atoms with van der Waals surface area (Å²) in [5.74, 6) is -0.222. The Balaban J connectivity index is 2.99. The number of ether oxygens (including phenoxy) is 1. The summed E-state index contributed by atoms with van der Waals surface area (Å²) in [6.45, 7) is 1.79. The molecule has 2 rings (SSSR count). The van der Waals surface area contributed by atoms with Gasteiger partial charge in [-0.3, -0.25) is 4.79 Å². The molecule has 1 heterocycles. The molecule has 3 nitrogen and oxygen atoms in total. The molecule has 0 amide bonds. The second kappa shape index (κ2) is 3.63. The average Bonchev–Trinajstić information content (AvgIpc) is 2.51. The van der Waals surface area contributed by atoms with Crippen LogP contribution in [0.4, 0.5) is 4.39 Å². The number of carbonyl (C=O) groups excluding carboxylic acids is 1. The van der Waals surface area contributed by atoms with Crippen LogP contribution in [0.2, 0.25) is 0 Å². The normalized spacial score (nSPS) is 10.8. The number of nitrogens with zero attached hydrogens (tertiary/aromatic N) is 1. The van der Waals surface area contributed by atoms with E-state index >= 15 is 0 Å². The van der Waals surface area contributed by atoms with E-state index < -0.39 is 5.82 Å². The molecule has 1 aromatic heterocycles. The zero-order valence-corrected chi connectivity index (χ0v) is 9.37. The van der Waals surface area contributed by atoms with E-state index in [2.05, 4.69) is 0 Å². The van der Waals surface area contributed by atoms with Crippen LogP contribution < -0.4 is 4.74 Å². The SMILES string of the molecule is COc1c(F)ccc2c1c(C)c(C=O)n2C. The van der Waals surface area contributed by atoms with Crippen LogP contribution in [0.5, 0.6) is 5.75 Å². The lowest BCUT2D eigenvalue weighted by Gasteiger charge is -2.04. The van der Waals surface area contributed by atoms with Crippen LogP contribution in [0, 0.1) is 12.7 Å². The van der Waals surface area contributed by atoms with E-state index in [4.69, 9.17) is 4.74 Å². The van der Waals surface area contributed by atoms with E-state index in [1.54, 1.807) is 24.6 Å². The minimum atomic E-state index is -0.416. The van der Waals surface area contributed by atoms with E-state index in [1.165, 1.54) is 13.2 Å². The third-order valence-corrected chi connectivity index (χ3v) is 2.89. The summed E-state index contributed by atoms with van der Waals surface area (Å²) in [6, 6.07) is 2.99. The van der Waals surface area contributed by atoms with Gasteiger partial charge in [0, 0.05) is 12.4 Å². The molecule has 0 N–H and O–H groups in total. The van der Waals surface area contributed by atoms with Gasteiger partial charge in [-0.2, -0.15) is 0 Å². The van der Waals surface area contributed by atoms with Crippen LogP contribution in [0.15, 0.2) is 12.1 Å². The van der Waals surface area contributed by atoms with Crippen LogP contribution in [0.3, 0.4) is 0 Å². The molecule has 0 spiro atoms. The first-order valence-corrected chi connectivity index (χ1v) is 4.88. The number of methoxy groups -OCH3 is 1. The maximum atomic E-state index is 13.5. The Bertz CT molecular complexity index is 572. The topological polar surface area (TPSA) is 31.2 Å². The molecule has 2 aromatic rings. The number of aromatic nitrogens is 1. The van der Waals surface area contributed by atoms with Crippen LogP contribution in [0.25, 0.3) is 10.9 Å². The molecule has 0 saturated heterocycles. The molecule has 84 valence electrons. The van der Waals surface area contributed by atoms with Gasteiger partial charge in [-0.25, -0.2) is 4.39 Å². The first kappa shape index (κ1) is 10.7. The highest BCUT2D eigenvalue weighted by atomic mass is 19.1. The fraction of sp³-hybridized carbons (Fsp3) is 0.250. The maximum absolute atomic E-state index is 13.5. The molecular formula is C12H12FNO2. The Labute approximate surface area is 92.4 Å². The quantitative estimate of drug-likeness (QED) is 0.729. The maximum Gasteiger partial charge on any atom is 0.166 e. The molecule has 1 aromatic carbocycles. The number of aldehydes is 1. The number of hydrogen-bond acceptors (Lipinski definition) is 2. The summed E-state index contributed by atoms with van der Waals surface area (Å²) in [6.07, 6.45) is 0.771. The van der Waals surface area contributed by atoms with Gasteiger partial charge in [-0.15, -0.1) is 0 Å². The fourth-order valence-electron chi connectivity index (χ4n) is 2.07. The van der Waals surface area contributed by atoms with Gasteiger partial charge in [-0.1, -0.05) is 0 Å². The van der Waals surface area contributed by atoms with Crippen molar-refractivity contribution in [3.63, 3.8) is 0 Å². The number of fused-ring (bicyclic) bond motifs is 1. The summed E-state index contributed by atoms with van der Waals surface area (Å²) in [5.41, 5.74) is 2.07. The minimum Gasteiger partial charge on any atom is -0.493 e. The number of halogens is 1. The summed E-state index contributed by atoms with van der Waals surface area (Å²) in [4.78, 5) is 10.9. The van der Waals surface area contributed by atoms with Gasteiger partial charge in [0.1, 0.15) is 0 Å². The number of rotatable bonds is 2.